The third-order valence-corrected chi connectivity index (χ3v) is 7.24. The Hall–Kier alpha value is -3.05. The number of unbranched alkanes of at least 4 members (excludes halogenated alkanes) is 1. The molecular weight excluding hydrogens is 442 g/mol. The lowest BCUT2D eigenvalue weighted by atomic mass is 9.71. The van der Waals surface area contributed by atoms with E-state index in [4.69, 9.17) is 9.47 Å². The second-order valence-corrected chi connectivity index (χ2v) is 9.05. The SMILES string of the molecule is CCOC(=O)[C@@H]1[C@H]2C(=O)N(CCCCO)C(C(=O)NCn3nnc4ccccc43)C23CC[C@H]1O3. The normalized spacial score (nSPS) is 29.6. The number of ether oxygens (including phenoxy) is 2. The van der Waals surface area contributed by atoms with Crippen molar-refractivity contribution in [2.24, 2.45) is 11.8 Å². The van der Waals surface area contributed by atoms with Gasteiger partial charge in [-0.05, 0) is 44.7 Å². The molecule has 3 aliphatic heterocycles. The Morgan fingerprint density at radius 2 is 2.15 bits per heavy atom. The van der Waals surface area contributed by atoms with Crippen LogP contribution in [-0.4, -0.2) is 80.3 Å². The molecule has 1 spiro atoms. The number of aliphatic hydroxyl groups is 1. The number of fused-ring (bicyclic) bond motifs is 2. The fraction of sp³-hybridized carbons (Fsp3) is 0.609. The summed E-state index contributed by atoms with van der Waals surface area (Å²) in [6, 6.07) is 6.56. The number of carbonyl (C=O) groups excluding carboxylic acids is 3. The molecule has 5 atom stereocenters. The highest BCUT2D eigenvalue weighted by atomic mass is 16.6. The maximum absolute atomic E-state index is 13.6. The Bertz CT molecular complexity index is 1100. The first-order valence-corrected chi connectivity index (χ1v) is 11.8. The Morgan fingerprint density at radius 3 is 2.94 bits per heavy atom. The van der Waals surface area contributed by atoms with E-state index in [2.05, 4.69) is 15.6 Å². The Labute approximate surface area is 196 Å². The van der Waals surface area contributed by atoms with Gasteiger partial charge in [0, 0.05) is 13.2 Å². The van der Waals surface area contributed by atoms with Crippen LogP contribution in [-0.2, 0) is 30.5 Å². The minimum atomic E-state index is -1.06. The van der Waals surface area contributed by atoms with Crippen LogP contribution in [0.1, 0.15) is 32.6 Å². The molecule has 11 heteroatoms. The molecule has 4 heterocycles. The third kappa shape index (κ3) is 3.45. The van der Waals surface area contributed by atoms with Gasteiger partial charge in [0.2, 0.25) is 11.8 Å². The first-order valence-electron chi connectivity index (χ1n) is 11.8. The lowest BCUT2D eigenvalue weighted by Gasteiger charge is -2.33. The predicted octanol–water partition coefficient (Wildman–Crippen LogP) is 0.215. The molecule has 2 unspecified atom stereocenters. The number of nitrogens with zero attached hydrogens (tertiary/aromatic N) is 4. The number of rotatable bonds is 9. The van der Waals surface area contributed by atoms with Crippen molar-refractivity contribution in [1.82, 2.24) is 25.2 Å². The average molecular weight is 472 g/mol. The molecule has 3 saturated heterocycles. The molecule has 3 fully saturated rings. The Morgan fingerprint density at radius 1 is 1.32 bits per heavy atom. The van der Waals surface area contributed by atoms with E-state index in [0.717, 1.165) is 5.52 Å². The summed E-state index contributed by atoms with van der Waals surface area (Å²) >= 11 is 0. The zero-order valence-electron chi connectivity index (χ0n) is 19.1. The van der Waals surface area contributed by atoms with Crippen molar-refractivity contribution >= 4 is 28.8 Å². The zero-order chi connectivity index (χ0) is 23.9. The number of amides is 2. The van der Waals surface area contributed by atoms with Gasteiger partial charge >= 0.3 is 5.97 Å². The lowest BCUT2D eigenvalue weighted by molar-refractivity contribution is -0.154. The fourth-order valence-corrected chi connectivity index (χ4v) is 5.88. The highest BCUT2D eigenvalue weighted by Crippen LogP contribution is 2.58. The Balaban J connectivity index is 1.41. The number of aromatic nitrogens is 3. The summed E-state index contributed by atoms with van der Waals surface area (Å²) < 4.78 is 13.1. The maximum atomic E-state index is 13.6. The maximum Gasteiger partial charge on any atom is 0.312 e. The van der Waals surface area contributed by atoms with Gasteiger partial charge in [-0.25, -0.2) is 4.68 Å². The Kier molecular flexibility index (Phi) is 5.98. The van der Waals surface area contributed by atoms with Gasteiger partial charge in [-0.1, -0.05) is 17.3 Å². The summed E-state index contributed by atoms with van der Waals surface area (Å²) in [5.74, 6) is -2.52. The van der Waals surface area contributed by atoms with Crippen molar-refractivity contribution in [2.45, 2.75) is 57.0 Å². The van der Waals surface area contributed by atoms with Crippen LogP contribution in [0.2, 0.25) is 0 Å². The number of aliphatic hydroxyl groups excluding tert-OH is 1. The van der Waals surface area contributed by atoms with Crippen molar-refractivity contribution < 1.29 is 29.0 Å². The van der Waals surface area contributed by atoms with Gasteiger partial charge in [0.15, 0.2) is 0 Å². The fourth-order valence-electron chi connectivity index (χ4n) is 5.88. The van der Waals surface area contributed by atoms with Crippen molar-refractivity contribution in [3.63, 3.8) is 0 Å². The van der Waals surface area contributed by atoms with E-state index in [1.165, 1.54) is 4.90 Å². The molecule has 182 valence electrons. The summed E-state index contributed by atoms with van der Waals surface area (Å²) in [4.78, 5) is 41.4. The summed E-state index contributed by atoms with van der Waals surface area (Å²) in [7, 11) is 0. The van der Waals surface area contributed by atoms with E-state index < -0.39 is 35.6 Å². The van der Waals surface area contributed by atoms with Gasteiger partial charge < -0.3 is 24.8 Å². The first kappa shape index (κ1) is 22.7. The van der Waals surface area contributed by atoms with Crippen LogP contribution >= 0.6 is 0 Å². The van der Waals surface area contributed by atoms with E-state index in [9.17, 15) is 19.5 Å². The summed E-state index contributed by atoms with van der Waals surface area (Å²) in [5, 5.41) is 20.3. The van der Waals surface area contributed by atoms with E-state index >= 15 is 0 Å². The average Bonchev–Trinajstić information content (AvgIpc) is 3.57. The number of likely N-dealkylation sites (tertiary alicyclic amines) is 1. The highest BCUT2D eigenvalue weighted by molar-refractivity contribution is 5.98. The molecule has 2 amide bonds. The predicted molar refractivity (Wildman–Crippen MR) is 118 cm³/mol. The van der Waals surface area contributed by atoms with Crippen LogP contribution in [0.3, 0.4) is 0 Å². The van der Waals surface area contributed by atoms with E-state index in [0.29, 0.717) is 37.7 Å². The topological polar surface area (TPSA) is 136 Å². The molecule has 5 rings (SSSR count). The number of hydrogen-bond acceptors (Lipinski definition) is 8. The van der Waals surface area contributed by atoms with Gasteiger partial charge in [-0.3, -0.25) is 14.4 Å². The first-order chi connectivity index (χ1) is 16.5. The van der Waals surface area contributed by atoms with Gasteiger partial charge in [0.1, 0.15) is 23.8 Å². The van der Waals surface area contributed by atoms with E-state index in [1.54, 1.807) is 11.6 Å². The van der Waals surface area contributed by atoms with Crippen LogP contribution in [0.25, 0.3) is 11.0 Å². The van der Waals surface area contributed by atoms with Gasteiger partial charge in [-0.2, -0.15) is 0 Å². The number of nitrogens with one attached hydrogen (secondary N) is 1. The zero-order valence-corrected chi connectivity index (χ0v) is 19.1. The van der Waals surface area contributed by atoms with E-state index in [-0.39, 0.29) is 31.7 Å². The molecule has 3 aliphatic rings. The van der Waals surface area contributed by atoms with Crippen LogP contribution in [0.15, 0.2) is 24.3 Å². The van der Waals surface area contributed by atoms with Crippen LogP contribution in [0.5, 0.6) is 0 Å². The van der Waals surface area contributed by atoms with Crippen molar-refractivity contribution in [3.8, 4) is 0 Å². The van der Waals surface area contributed by atoms with Crippen molar-refractivity contribution in [2.75, 3.05) is 19.8 Å². The monoisotopic (exact) mass is 471 g/mol. The number of esters is 1. The molecule has 1 aromatic carbocycles. The molecular formula is C23H29N5O6. The number of hydrogen-bond donors (Lipinski definition) is 2. The molecule has 2 aromatic rings. The van der Waals surface area contributed by atoms with E-state index in [1.807, 2.05) is 24.3 Å². The number of para-hydroxylation sites is 1. The molecule has 11 nitrogen and oxygen atoms in total. The molecule has 34 heavy (non-hydrogen) atoms. The summed E-state index contributed by atoms with van der Waals surface area (Å²) in [6.45, 7) is 2.32. The standard InChI is InChI=1S/C23H29N5O6/c1-2-33-22(32)17-16-9-10-23(34-16)18(17)21(31)27(11-5-6-12-29)19(23)20(30)24-13-28-15-8-4-3-7-14(15)25-26-28/h3-4,7-8,16-19,29H,2,5-6,9-13H2,1H3,(H,24,30)/t16-,17+,18+,19?,23?/m1/s1. The van der Waals surface area contributed by atoms with Crippen molar-refractivity contribution in [1.29, 1.82) is 0 Å². The van der Waals surface area contributed by atoms with Gasteiger partial charge in [0.25, 0.3) is 0 Å². The lowest BCUT2D eigenvalue weighted by Crippen LogP contribution is -2.55. The molecule has 2 bridgehead atoms. The van der Waals surface area contributed by atoms with Gasteiger partial charge in [0.05, 0.1) is 30.1 Å². The minimum absolute atomic E-state index is 0.00311. The quantitative estimate of drug-likeness (QED) is 0.392. The summed E-state index contributed by atoms with van der Waals surface area (Å²) in [6.07, 6.45) is 1.73. The molecule has 2 N–H and O–H groups in total. The summed E-state index contributed by atoms with van der Waals surface area (Å²) in [5.41, 5.74) is 0.432. The molecule has 0 saturated carbocycles. The second kappa shape index (κ2) is 8.95. The highest BCUT2D eigenvalue weighted by Gasteiger charge is 2.74. The van der Waals surface area contributed by atoms with Crippen LogP contribution in [0, 0.1) is 11.8 Å². The van der Waals surface area contributed by atoms with Gasteiger partial charge in [-0.15, -0.1) is 5.10 Å². The molecule has 1 aromatic heterocycles. The molecule has 0 radical (unpaired) electrons. The number of carbonyl (C=O) groups is 3. The van der Waals surface area contributed by atoms with Crippen LogP contribution < -0.4 is 5.32 Å². The second-order valence-electron chi connectivity index (χ2n) is 9.05. The largest absolute Gasteiger partial charge is 0.466 e. The van der Waals surface area contributed by atoms with Crippen LogP contribution in [0.4, 0.5) is 0 Å². The third-order valence-electron chi connectivity index (χ3n) is 7.24. The number of benzene rings is 1. The minimum Gasteiger partial charge on any atom is -0.466 e. The van der Waals surface area contributed by atoms with Crippen molar-refractivity contribution in [3.05, 3.63) is 24.3 Å². The smallest absolute Gasteiger partial charge is 0.312 e. The molecule has 0 aliphatic carbocycles.